The number of hydrogen-bond acceptors (Lipinski definition) is 3. The molecule has 2 unspecified atom stereocenters. The number of rotatable bonds is 3. The lowest BCUT2D eigenvalue weighted by molar-refractivity contribution is -0.121. The van der Waals surface area contributed by atoms with Gasteiger partial charge < -0.3 is 11.1 Å². The van der Waals surface area contributed by atoms with Crippen LogP contribution >= 0.6 is 0 Å². The van der Waals surface area contributed by atoms with Gasteiger partial charge in [-0.05, 0) is 19.3 Å². The summed E-state index contributed by atoms with van der Waals surface area (Å²) in [6.07, 6.45) is 0. The van der Waals surface area contributed by atoms with E-state index in [1.807, 2.05) is 12.2 Å². The summed E-state index contributed by atoms with van der Waals surface area (Å²) in [4.78, 5) is 21.8. The molecular formula is C10H21N3O2. The molecule has 3 amide bonds. The Labute approximate surface area is 90.8 Å². The molecule has 0 aliphatic carbocycles. The molecule has 0 rings (SSSR count). The fourth-order valence-electron chi connectivity index (χ4n) is 0.930. The normalized spacial score (nSPS) is 15.5. The van der Waals surface area contributed by atoms with E-state index in [1.165, 1.54) is 0 Å². The van der Waals surface area contributed by atoms with E-state index in [4.69, 9.17) is 5.73 Å². The van der Waals surface area contributed by atoms with Gasteiger partial charge in [-0.2, -0.15) is 0 Å². The third-order valence-corrected chi connectivity index (χ3v) is 2.44. The van der Waals surface area contributed by atoms with Crippen molar-refractivity contribution in [3.8, 4) is 0 Å². The maximum absolute atomic E-state index is 11.3. The second-order valence-electron chi connectivity index (χ2n) is 4.83. The lowest BCUT2D eigenvalue weighted by Gasteiger charge is -2.30. The number of carbonyl (C=O) groups is 2. The fourth-order valence-corrected chi connectivity index (χ4v) is 0.930. The molecule has 0 saturated heterocycles. The minimum absolute atomic E-state index is 0.0568. The summed E-state index contributed by atoms with van der Waals surface area (Å²) < 4.78 is 0. The van der Waals surface area contributed by atoms with Gasteiger partial charge in [0.2, 0.25) is 5.91 Å². The number of amides is 3. The number of nitrogens with one attached hydrogen (secondary N) is 2. The van der Waals surface area contributed by atoms with Crippen LogP contribution in [0.15, 0.2) is 0 Å². The second kappa shape index (κ2) is 5.11. The smallest absolute Gasteiger partial charge is 0.318 e. The molecule has 0 aromatic heterocycles. The van der Waals surface area contributed by atoms with Crippen molar-refractivity contribution in [3.63, 3.8) is 0 Å². The first kappa shape index (κ1) is 13.9. The molecule has 5 heteroatoms. The molecule has 0 spiro atoms. The lowest BCUT2D eigenvalue weighted by Crippen LogP contribution is -2.51. The van der Waals surface area contributed by atoms with Gasteiger partial charge in [0.15, 0.2) is 0 Å². The van der Waals surface area contributed by atoms with Crippen LogP contribution in [-0.4, -0.2) is 24.0 Å². The van der Waals surface area contributed by atoms with Gasteiger partial charge in [-0.1, -0.05) is 20.8 Å². The van der Waals surface area contributed by atoms with Gasteiger partial charge in [-0.25, -0.2) is 4.79 Å². The van der Waals surface area contributed by atoms with E-state index in [2.05, 4.69) is 26.1 Å². The van der Waals surface area contributed by atoms with Crippen molar-refractivity contribution in [3.05, 3.63) is 0 Å². The van der Waals surface area contributed by atoms with Crippen molar-refractivity contribution in [2.24, 2.45) is 11.1 Å². The predicted octanol–water partition coefficient (Wildman–Crippen LogP) is 0.594. The summed E-state index contributed by atoms with van der Waals surface area (Å²) in [6, 6.07) is -1.10. The SMILES string of the molecule is CC(NC(C)C(C)(C)C)C(=O)NC(N)=O. The Balaban J connectivity index is 4.19. The molecule has 5 nitrogen and oxygen atoms in total. The van der Waals surface area contributed by atoms with E-state index < -0.39 is 18.0 Å². The number of hydrogen-bond donors (Lipinski definition) is 3. The number of urea groups is 1. The Kier molecular flexibility index (Phi) is 4.74. The summed E-state index contributed by atoms with van der Waals surface area (Å²) in [5.74, 6) is -0.404. The predicted molar refractivity (Wildman–Crippen MR) is 59.2 cm³/mol. The zero-order valence-corrected chi connectivity index (χ0v) is 10.0. The highest BCUT2D eigenvalue weighted by Crippen LogP contribution is 2.18. The maximum Gasteiger partial charge on any atom is 0.318 e. The van der Waals surface area contributed by atoms with E-state index in [9.17, 15) is 9.59 Å². The molecule has 2 atom stereocenters. The Bertz CT molecular complexity index is 246. The molecule has 0 radical (unpaired) electrons. The van der Waals surface area contributed by atoms with Crippen molar-refractivity contribution < 1.29 is 9.59 Å². The largest absolute Gasteiger partial charge is 0.351 e. The van der Waals surface area contributed by atoms with E-state index in [1.54, 1.807) is 6.92 Å². The van der Waals surface area contributed by atoms with E-state index in [0.717, 1.165) is 0 Å². The van der Waals surface area contributed by atoms with Gasteiger partial charge in [-0.3, -0.25) is 10.1 Å². The van der Waals surface area contributed by atoms with E-state index in [0.29, 0.717) is 0 Å². The van der Waals surface area contributed by atoms with Crippen LogP contribution in [0, 0.1) is 5.41 Å². The molecule has 0 aliphatic rings. The van der Waals surface area contributed by atoms with Gasteiger partial charge in [-0.15, -0.1) is 0 Å². The fraction of sp³-hybridized carbons (Fsp3) is 0.800. The first-order valence-corrected chi connectivity index (χ1v) is 5.01. The molecule has 0 heterocycles. The van der Waals surface area contributed by atoms with Gasteiger partial charge in [0.25, 0.3) is 0 Å². The summed E-state index contributed by atoms with van der Waals surface area (Å²) in [7, 11) is 0. The Morgan fingerprint density at radius 1 is 1.20 bits per heavy atom. The molecule has 15 heavy (non-hydrogen) atoms. The minimum Gasteiger partial charge on any atom is -0.351 e. The molecule has 0 bridgehead atoms. The average molecular weight is 215 g/mol. The molecule has 88 valence electrons. The van der Waals surface area contributed by atoms with Crippen LogP contribution in [0.2, 0.25) is 0 Å². The van der Waals surface area contributed by atoms with Gasteiger partial charge in [0, 0.05) is 6.04 Å². The second-order valence-corrected chi connectivity index (χ2v) is 4.83. The number of nitrogens with two attached hydrogens (primary N) is 1. The zero-order valence-electron chi connectivity index (χ0n) is 10.0. The highest BCUT2D eigenvalue weighted by atomic mass is 16.2. The average Bonchev–Trinajstić information content (AvgIpc) is 2.00. The van der Waals surface area contributed by atoms with Crippen LogP contribution in [0.5, 0.6) is 0 Å². The first-order valence-electron chi connectivity index (χ1n) is 5.01. The maximum atomic E-state index is 11.3. The third kappa shape index (κ3) is 5.37. The van der Waals surface area contributed by atoms with Crippen molar-refractivity contribution in [2.45, 2.75) is 46.7 Å². The molecule has 0 aromatic carbocycles. The topological polar surface area (TPSA) is 84.2 Å². The van der Waals surface area contributed by atoms with Crippen LogP contribution in [0.3, 0.4) is 0 Å². The number of primary amides is 1. The molecule has 0 fully saturated rings. The van der Waals surface area contributed by atoms with E-state index >= 15 is 0 Å². The Hall–Kier alpha value is -1.10. The lowest BCUT2D eigenvalue weighted by atomic mass is 9.87. The summed E-state index contributed by atoms with van der Waals surface area (Å²) in [6.45, 7) is 9.91. The molecule has 0 aliphatic heterocycles. The van der Waals surface area contributed by atoms with Crippen LogP contribution in [0.1, 0.15) is 34.6 Å². The van der Waals surface area contributed by atoms with Crippen molar-refractivity contribution in [2.75, 3.05) is 0 Å². The quantitative estimate of drug-likeness (QED) is 0.644. The van der Waals surface area contributed by atoms with Crippen molar-refractivity contribution in [1.29, 1.82) is 0 Å². The van der Waals surface area contributed by atoms with Crippen LogP contribution in [0.4, 0.5) is 4.79 Å². The summed E-state index contributed by atoms with van der Waals surface area (Å²) in [5, 5.41) is 5.14. The number of imide groups is 1. The monoisotopic (exact) mass is 215 g/mol. The summed E-state index contributed by atoms with van der Waals surface area (Å²) >= 11 is 0. The minimum atomic E-state index is -0.822. The Morgan fingerprint density at radius 3 is 2.00 bits per heavy atom. The van der Waals surface area contributed by atoms with E-state index in [-0.39, 0.29) is 11.5 Å². The Morgan fingerprint density at radius 2 is 1.67 bits per heavy atom. The summed E-state index contributed by atoms with van der Waals surface area (Å²) in [5.41, 5.74) is 4.91. The number of carbonyl (C=O) groups excluding carboxylic acids is 2. The van der Waals surface area contributed by atoms with Crippen LogP contribution in [0.25, 0.3) is 0 Å². The zero-order chi connectivity index (χ0) is 12.2. The molecular weight excluding hydrogens is 194 g/mol. The third-order valence-electron chi connectivity index (χ3n) is 2.44. The van der Waals surface area contributed by atoms with Gasteiger partial charge in [0.1, 0.15) is 0 Å². The van der Waals surface area contributed by atoms with Crippen molar-refractivity contribution >= 4 is 11.9 Å². The molecule has 0 aromatic rings. The van der Waals surface area contributed by atoms with Crippen molar-refractivity contribution in [1.82, 2.24) is 10.6 Å². The first-order chi connectivity index (χ1) is 6.64. The molecule has 0 saturated carbocycles. The molecule has 4 N–H and O–H groups in total. The van der Waals surface area contributed by atoms with Crippen LogP contribution in [-0.2, 0) is 4.79 Å². The highest BCUT2D eigenvalue weighted by Gasteiger charge is 2.24. The van der Waals surface area contributed by atoms with Gasteiger partial charge in [0.05, 0.1) is 6.04 Å². The highest BCUT2D eigenvalue weighted by molar-refractivity contribution is 5.96. The standard InChI is InChI=1S/C10H21N3O2/c1-6(8(14)13-9(11)15)12-7(2)10(3,4)5/h6-7,12H,1-5H3,(H3,11,13,14,15). The van der Waals surface area contributed by atoms with Crippen LogP contribution < -0.4 is 16.4 Å². The van der Waals surface area contributed by atoms with Gasteiger partial charge >= 0.3 is 6.03 Å².